The maximum Gasteiger partial charge on any atom is 0.255 e. The smallest absolute Gasteiger partial charge is 0.255 e. The second-order valence-electron chi connectivity index (χ2n) is 4.03. The number of carbonyl (C=O) groups excluding carboxylic acids is 1. The minimum absolute atomic E-state index is 0.120. The third-order valence-electron chi connectivity index (χ3n) is 2.96. The molecular weight excluding hydrogens is 287 g/mol. The van der Waals surface area contributed by atoms with Gasteiger partial charge in [0.1, 0.15) is 5.82 Å². The topological polar surface area (TPSA) is 32.3 Å². The summed E-state index contributed by atoms with van der Waals surface area (Å²) >= 11 is 3.29. The summed E-state index contributed by atoms with van der Waals surface area (Å²) in [6.45, 7) is 4.19. The molecule has 92 valence electrons. The van der Waals surface area contributed by atoms with E-state index in [0.29, 0.717) is 16.6 Å². The lowest BCUT2D eigenvalue weighted by atomic mass is 10.1. The first-order chi connectivity index (χ1) is 8.13. The minimum Gasteiger partial charge on any atom is -0.333 e. The first kappa shape index (κ1) is 12.5. The molecule has 3 nitrogen and oxygen atoms in total. The number of carbonyl (C=O) groups is 1. The van der Waals surface area contributed by atoms with Crippen LogP contribution in [0.5, 0.6) is 0 Å². The van der Waals surface area contributed by atoms with Crippen LogP contribution >= 0.6 is 15.9 Å². The van der Waals surface area contributed by atoms with Crippen molar-refractivity contribution in [1.82, 2.24) is 10.2 Å². The third kappa shape index (κ3) is 2.50. The number of hydrogen-bond donors (Lipinski definition) is 1. The van der Waals surface area contributed by atoms with E-state index in [1.54, 1.807) is 11.0 Å². The molecule has 0 unspecified atom stereocenters. The Hall–Kier alpha value is -0.940. The summed E-state index contributed by atoms with van der Waals surface area (Å²) in [6.07, 6.45) is 0. The minimum atomic E-state index is -0.390. The van der Waals surface area contributed by atoms with Gasteiger partial charge >= 0.3 is 0 Å². The van der Waals surface area contributed by atoms with Crippen LogP contribution in [0.2, 0.25) is 0 Å². The number of benzene rings is 1. The molecule has 17 heavy (non-hydrogen) atoms. The van der Waals surface area contributed by atoms with Gasteiger partial charge in [-0.2, -0.15) is 0 Å². The van der Waals surface area contributed by atoms with E-state index < -0.39 is 0 Å². The largest absolute Gasteiger partial charge is 0.333 e. The lowest BCUT2D eigenvalue weighted by molar-refractivity contribution is 0.0629. The highest BCUT2D eigenvalue weighted by molar-refractivity contribution is 9.10. The highest BCUT2D eigenvalue weighted by Gasteiger charge is 2.28. The van der Waals surface area contributed by atoms with Crippen LogP contribution in [0, 0.1) is 5.82 Å². The van der Waals surface area contributed by atoms with E-state index in [2.05, 4.69) is 21.2 Å². The monoisotopic (exact) mass is 300 g/mol. The van der Waals surface area contributed by atoms with Gasteiger partial charge in [-0.3, -0.25) is 4.79 Å². The van der Waals surface area contributed by atoms with Crippen molar-refractivity contribution in [3.8, 4) is 0 Å². The average molecular weight is 301 g/mol. The van der Waals surface area contributed by atoms with Crippen LogP contribution in [0.4, 0.5) is 4.39 Å². The van der Waals surface area contributed by atoms with E-state index in [0.717, 1.165) is 13.1 Å². The van der Waals surface area contributed by atoms with Gasteiger partial charge in [0.25, 0.3) is 5.91 Å². The fourth-order valence-electron chi connectivity index (χ4n) is 1.88. The molecule has 1 saturated heterocycles. The number of nitrogens with one attached hydrogen (secondary N) is 1. The number of nitrogens with zero attached hydrogens (tertiary/aromatic N) is 1. The average Bonchev–Trinajstić information content (AvgIpc) is 2.25. The zero-order valence-corrected chi connectivity index (χ0v) is 11.1. The third-order valence-corrected chi connectivity index (χ3v) is 3.65. The Morgan fingerprint density at radius 2 is 2.29 bits per heavy atom. The Kier molecular flexibility index (Phi) is 3.79. The zero-order chi connectivity index (χ0) is 12.4. The quantitative estimate of drug-likeness (QED) is 0.926. The molecule has 0 atom stereocenters. The van der Waals surface area contributed by atoms with Gasteiger partial charge in [-0.15, -0.1) is 0 Å². The molecule has 0 spiro atoms. The van der Waals surface area contributed by atoms with Crippen molar-refractivity contribution >= 4 is 21.8 Å². The fraction of sp³-hybridized carbons (Fsp3) is 0.417. The van der Waals surface area contributed by atoms with Crippen molar-refractivity contribution < 1.29 is 9.18 Å². The summed E-state index contributed by atoms with van der Waals surface area (Å²) in [6, 6.07) is 4.40. The van der Waals surface area contributed by atoms with Crippen molar-refractivity contribution in [3.63, 3.8) is 0 Å². The van der Waals surface area contributed by atoms with Crippen molar-refractivity contribution in [1.29, 1.82) is 0 Å². The first-order valence-corrected chi connectivity index (χ1v) is 6.39. The van der Waals surface area contributed by atoms with Gasteiger partial charge in [0, 0.05) is 24.1 Å². The summed E-state index contributed by atoms with van der Waals surface area (Å²) in [5.41, 5.74) is 0.388. The van der Waals surface area contributed by atoms with E-state index >= 15 is 0 Å². The normalized spacial score (nSPS) is 15.5. The van der Waals surface area contributed by atoms with Crippen LogP contribution in [0.3, 0.4) is 0 Å². The second-order valence-corrected chi connectivity index (χ2v) is 4.88. The number of amides is 1. The molecular formula is C12H14BrFN2O. The van der Waals surface area contributed by atoms with E-state index in [1.165, 1.54) is 12.1 Å². The number of halogens is 2. The van der Waals surface area contributed by atoms with Gasteiger partial charge < -0.3 is 10.2 Å². The van der Waals surface area contributed by atoms with Crippen LogP contribution in [0.25, 0.3) is 0 Å². The van der Waals surface area contributed by atoms with E-state index in [4.69, 9.17) is 0 Å². The number of rotatable bonds is 3. The molecule has 1 heterocycles. The molecule has 0 bridgehead atoms. The molecule has 0 aromatic heterocycles. The van der Waals surface area contributed by atoms with Gasteiger partial charge in [-0.25, -0.2) is 4.39 Å². The lowest BCUT2D eigenvalue weighted by Crippen LogP contribution is -2.58. The predicted octanol–water partition coefficient (Wildman–Crippen LogP) is 2.02. The first-order valence-electron chi connectivity index (χ1n) is 5.60. The molecule has 5 heteroatoms. The zero-order valence-electron chi connectivity index (χ0n) is 9.54. The van der Waals surface area contributed by atoms with Crippen LogP contribution < -0.4 is 5.32 Å². The molecule has 1 amide bonds. The Morgan fingerprint density at radius 1 is 1.59 bits per heavy atom. The molecule has 1 fully saturated rings. The number of likely N-dealkylation sites (N-methyl/N-ethyl adjacent to an activating group) is 1. The molecule has 1 aromatic carbocycles. The van der Waals surface area contributed by atoms with Gasteiger partial charge in [-0.05, 0) is 41.1 Å². The van der Waals surface area contributed by atoms with Crippen LogP contribution in [-0.4, -0.2) is 36.5 Å². The Labute approximate surface area is 108 Å². The van der Waals surface area contributed by atoms with Crippen LogP contribution in [-0.2, 0) is 0 Å². The van der Waals surface area contributed by atoms with E-state index in [-0.39, 0.29) is 17.8 Å². The highest BCUT2D eigenvalue weighted by atomic mass is 79.9. The van der Waals surface area contributed by atoms with Gasteiger partial charge in [-0.1, -0.05) is 0 Å². The summed E-state index contributed by atoms with van der Waals surface area (Å²) < 4.78 is 13.8. The molecule has 2 rings (SSSR count). The van der Waals surface area contributed by atoms with Crippen LogP contribution in [0.1, 0.15) is 17.3 Å². The molecule has 0 saturated carbocycles. The number of hydrogen-bond acceptors (Lipinski definition) is 2. The standard InChI is InChI=1S/C12H14BrFN2O/c1-2-16(9-6-15-7-9)12(17)10-5-8(14)3-4-11(10)13/h3-5,9,15H,2,6-7H2,1H3. The van der Waals surface area contributed by atoms with Crippen molar-refractivity contribution in [2.24, 2.45) is 0 Å². The predicted molar refractivity (Wildman–Crippen MR) is 67.5 cm³/mol. The molecule has 1 aromatic rings. The molecule has 1 N–H and O–H groups in total. The maximum absolute atomic E-state index is 13.2. The van der Waals surface area contributed by atoms with Crippen LogP contribution in [0.15, 0.2) is 22.7 Å². The summed E-state index contributed by atoms with van der Waals surface area (Å²) in [7, 11) is 0. The SMILES string of the molecule is CCN(C(=O)c1cc(F)ccc1Br)C1CNC1. The van der Waals surface area contributed by atoms with Crippen molar-refractivity contribution in [2.45, 2.75) is 13.0 Å². The Balaban J connectivity index is 2.25. The summed E-state index contributed by atoms with van der Waals surface area (Å²) in [5, 5.41) is 3.13. The fourth-order valence-corrected chi connectivity index (χ4v) is 2.29. The van der Waals surface area contributed by atoms with Gasteiger partial charge in [0.15, 0.2) is 0 Å². The molecule has 1 aliphatic rings. The Bertz CT molecular complexity index is 435. The van der Waals surface area contributed by atoms with Crippen molar-refractivity contribution in [2.75, 3.05) is 19.6 Å². The van der Waals surface area contributed by atoms with Crippen molar-refractivity contribution in [3.05, 3.63) is 34.1 Å². The van der Waals surface area contributed by atoms with E-state index in [1.807, 2.05) is 6.92 Å². The molecule has 0 radical (unpaired) electrons. The molecule has 1 aliphatic heterocycles. The molecule has 0 aliphatic carbocycles. The highest BCUT2D eigenvalue weighted by Crippen LogP contribution is 2.21. The summed E-state index contributed by atoms with van der Waals surface area (Å²) in [4.78, 5) is 14.1. The Morgan fingerprint density at radius 3 is 2.82 bits per heavy atom. The summed E-state index contributed by atoms with van der Waals surface area (Å²) in [5.74, 6) is -0.510. The maximum atomic E-state index is 13.2. The lowest BCUT2D eigenvalue weighted by Gasteiger charge is -2.37. The van der Waals surface area contributed by atoms with Gasteiger partial charge in [0.05, 0.1) is 11.6 Å². The second kappa shape index (κ2) is 5.14. The van der Waals surface area contributed by atoms with E-state index in [9.17, 15) is 9.18 Å². The van der Waals surface area contributed by atoms with Gasteiger partial charge in [0.2, 0.25) is 0 Å².